The Kier molecular flexibility index (Phi) is 5.64. The molecule has 0 saturated heterocycles. The first-order valence-electron chi connectivity index (χ1n) is 6.42. The third-order valence-electron chi connectivity index (χ3n) is 3.23. The molecule has 1 aromatic carbocycles. The summed E-state index contributed by atoms with van der Waals surface area (Å²) in [6.45, 7) is 1.93. The van der Waals surface area contributed by atoms with Gasteiger partial charge in [-0.3, -0.25) is 4.79 Å². The summed E-state index contributed by atoms with van der Waals surface area (Å²) in [6, 6.07) is 1.69. The first-order chi connectivity index (χ1) is 9.35. The van der Waals surface area contributed by atoms with Crippen molar-refractivity contribution in [1.29, 1.82) is 0 Å². The Morgan fingerprint density at radius 2 is 1.85 bits per heavy atom. The van der Waals surface area contributed by atoms with Crippen molar-refractivity contribution in [2.45, 2.75) is 32.2 Å². The second kappa shape index (κ2) is 7.00. The number of esters is 1. The molecular formula is C14H21NO5. The molecule has 0 saturated carbocycles. The van der Waals surface area contributed by atoms with Crippen LogP contribution < -0.4 is 5.73 Å². The third-order valence-corrected chi connectivity index (χ3v) is 3.23. The molecule has 0 fully saturated rings. The van der Waals surface area contributed by atoms with Gasteiger partial charge in [-0.25, -0.2) is 0 Å². The molecule has 1 rings (SSSR count). The molecule has 6 nitrogen and oxygen atoms in total. The second-order valence-corrected chi connectivity index (χ2v) is 4.97. The highest BCUT2D eigenvalue weighted by Crippen LogP contribution is 2.33. The zero-order valence-corrected chi connectivity index (χ0v) is 11.7. The maximum Gasteiger partial charge on any atom is 0.322 e. The molecule has 6 heteroatoms. The first-order valence-corrected chi connectivity index (χ1v) is 6.42. The van der Waals surface area contributed by atoms with Gasteiger partial charge in [0.1, 0.15) is 23.3 Å². The van der Waals surface area contributed by atoms with Crippen LogP contribution in [-0.4, -0.2) is 34.4 Å². The Hall–Kier alpha value is -1.95. The highest BCUT2D eigenvalue weighted by Gasteiger charge is 2.18. The topological polar surface area (TPSA) is 113 Å². The Labute approximate surface area is 117 Å². The molecule has 20 heavy (non-hydrogen) atoms. The van der Waals surface area contributed by atoms with Gasteiger partial charge in [0.15, 0.2) is 0 Å². The van der Waals surface area contributed by atoms with Crippen molar-refractivity contribution in [3.8, 4) is 17.2 Å². The van der Waals surface area contributed by atoms with Gasteiger partial charge in [0.25, 0.3) is 0 Å². The number of benzene rings is 1. The highest BCUT2D eigenvalue weighted by molar-refractivity contribution is 5.75. The van der Waals surface area contributed by atoms with Crippen molar-refractivity contribution in [2.24, 2.45) is 11.7 Å². The molecule has 5 N–H and O–H groups in total. The average Bonchev–Trinajstić information content (AvgIpc) is 2.36. The van der Waals surface area contributed by atoms with Crippen LogP contribution in [0.1, 0.15) is 25.3 Å². The summed E-state index contributed by atoms with van der Waals surface area (Å²) in [4.78, 5) is 11.2. The summed E-state index contributed by atoms with van der Waals surface area (Å²) in [6.07, 6.45) is 1.52. The Balaban J connectivity index is 2.57. The lowest BCUT2D eigenvalue weighted by Gasteiger charge is -2.16. The van der Waals surface area contributed by atoms with E-state index >= 15 is 0 Å². The van der Waals surface area contributed by atoms with Gasteiger partial charge in [-0.1, -0.05) is 6.92 Å². The molecule has 0 amide bonds. The number of hydrogen-bond acceptors (Lipinski definition) is 6. The van der Waals surface area contributed by atoms with Gasteiger partial charge in [-0.15, -0.1) is 0 Å². The van der Waals surface area contributed by atoms with E-state index in [9.17, 15) is 20.1 Å². The number of aromatic hydroxyl groups is 3. The number of ether oxygens (including phenoxy) is 1. The monoisotopic (exact) mass is 283 g/mol. The number of phenolic OH excluding ortho intramolecular Hbond substituents is 3. The maximum absolute atomic E-state index is 11.2. The summed E-state index contributed by atoms with van der Waals surface area (Å²) >= 11 is 0. The molecule has 0 heterocycles. The predicted octanol–water partition coefficient (Wildman–Crippen LogP) is 1.26. The van der Waals surface area contributed by atoms with Gasteiger partial charge in [0.2, 0.25) is 0 Å². The summed E-state index contributed by atoms with van der Waals surface area (Å²) in [7, 11) is 1.29. The molecule has 0 aliphatic heterocycles. The van der Waals surface area contributed by atoms with Gasteiger partial charge >= 0.3 is 5.97 Å². The number of carbonyl (C=O) groups excluding carboxylic acids is 1. The Morgan fingerprint density at radius 3 is 2.35 bits per heavy atom. The van der Waals surface area contributed by atoms with E-state index < -0.39 is 12.0 Å². The van der Waals surface area contributed by atoms with Crippen LogP contribution in [0.4, 0.5) is 0 Å². The van der Waals surface area contributed by atoms with Crippen molar-refractivity contribution in [2.75, 3.05) is 7.11 Å². The zero-order chi connectivity index (χ0) is 15.3. The van der Waals surface area contributed by atoms with Crippen LogP contribution in [0.15, 0.2) is 12.1 Å². The van der Waals surface area contributed by atoms with E-state index in [1.165, 1.54) is 19.2 Å². The third kappa shape index (κ3) is 4.31. The lowest BCUT2D eigenvalue weighted by Crippen LogP contribution is -2.33. The van der Waals surface area contributed by atoms with Crippen LogP contribution in [-0.2, 0) is 16.0 Å². The predicted molar refractivity (Wildman–Crippen MR) is 73.5 cm³/mol. The van der Waals surface area contributed by atoms with E-state index in [0.29, 0.717) is 24.8 Å². The van der Waals surface area contributed by atoms with E-state index in [0.717, 1.165) is 0 Å². The van der Waals surface area contributed by atoms with E-state index in [1.807, 2.05) is 6.92 Å². The summed E-state index contributed by atoms with van der Waals surface area (Å²) < 4.78 is 4.56. The largest absolute Gasteiger partial charge is 0.508 e. The summed E-state index contributed by atoms with van der Waals surface area (Å²) in [5.41, 5.74) is 6.05. The first kappa shape index (κ1) is 16.1. The van der Waals surface area contributed by atoms with Gasteiger partial charge in [-0.05, 0) is 25.2 Å². The van der Waals surface area contributed by atoms with Crippen LogP contribution in [0.5, 0.6) is 17.2 Å². The molecule has 1 aromatic rings. The van der Waals surface area contributed by atoms with Crippen molar-refractivity contribution in [3.63, 3.8) is 0 Å². The lowest BCUT2D eigenvalue weighted by molar-refractivity contribution is -0.142. The summed E-state index contributed by atoms with van der Waals surface area (Å²) in [5.74, 6) is -0.813. The highest BCUT2D eigenvalue weighted by atomic mass is 16.5. The van der Waals surface area contributed by atoms with Crippen LogP contribution in [0, 0.1) is 5.92 Å². The van der Waals surface area contributed by atoms with Crippen LogP contribution >= 0.6 is 0 Å². The van der Waals surface area contributed by atoms with Crippen molar-refractivity contribution in [1.82, 2.24) is 0 Å². The molecule has 0 spiro atoms. The number of nitrogens with two attached hydrogens (primary N) is 1. The standard InChI is InChI=1S/C14H21NO5/c1-8(5-11(15)14(19)20-2)3-4-10-12(17)6-9(16)7-13(10)18/h6-8,11,16-18H,3-5,15H2,1-2H3. The fraction of sp³-hybridized carbons (Fsp3) is 0.500. The quantitative estimate of drug-likeness (QED) is 0.585. The Bertz CT molecular complexity index is 452. The molecule has 2 unspecified atom stereocenters. The van der Waals surface area contributed by atoms with E-state index in [2.05, 4.69) is 4.74 Å². The second-order valence-electron chi connectivity index (χ2n) is 4.97. The fourth-order valence-electron chi connectivity index (χ4n) is 2.07. The number of rotatable bonds is 6. The van der Waals surface area contributed by atoms with Crippen molar-refractivity contribution >= 4 is 5.97 Å². The molecule has 0 radical (unpaired) electrons. The molecule has 0 aliphatic rings. The maximum atomic E-state index is 11.2. The Morgan fingerprint density at radius 1 is 1.30 bits per heavy atom. The fourth-order valence-corrected chi connectivity index (χ4v) is 2.07. The van der Waals surface area contributed by atoms with E-state index in [1.54, 1.807) is 0 Å². The van der Waals surface area contributed by atoms with Crippen LogP contribution in [0.2, 0.25) is 0 Å². The smallest absolute Gasteiger partial charge is 0.322 e. The lowest BCUT2D eigenvalue weighted by atomic mass is 9.94. The van der Waals surface area contributed by atoms with Crippen molar-refractivity contribution < 1.29 is 24.9 Å². The normalized spacial score (nSPS) is 13.8. The van der Waals surface area contributed by atoms with Crippen LogP contribution in [0.25, 0.3) is 0 Å². The minimum atomic E-state index is -0.669. The average molecular weight is 283 g/mol. The number of methoxy groups -OCH3 is 1. The summed E-state index contributed by atoms with van der Waals surface area (Å²) in [5, 5.41) is 28.6. The minimum absolute atomic E-state index is 0.122. The molecular weight excluding hydrogens is 262 g/mol. The number of carbonyl (C=O) groups is 1. The molecule has 112 valence electrons. The minimum Gasteiger partial charge on any atom is -0.508 e. The molecule has 0 aromatic heterocycles. The van der Waals surface area contributed by atoms with Gasteiger partial charge in [0.05, 0.1) is 7.11 Å². The van der Waals surface area contributed by atoms with Crippen LogP contribution in [0.3, 0.4) is 0 Å². The molecule has 0 bridgehead atoms. The van der Waals surface area contributed by atoms with E-state index in [-0.39, 0.29) is 23.2 Å². The van der Waals surface area contributed by atoms with Crippen molar-refractivity contribution in [3.05, 3.63) is 17.7 Å². The van der Waals surface area contributed by atoms with Gasteiger partial charge in [0, 0.05) is 17.7 Å². The van der Waals surface area contributed by atoms with Gasteiger partial charge < -0.3 is 25.8 Å². The molecule has 2 atom stereocenters. The van der Waals surface area contributed by atoms with Gasteiger partial charge in [-0.2, -0.15) is 0 Å². The number of hydrogen-bond donors (Lipinski definition) is 4. The van der Waals surface area contributed by atoms with E-state index in [4.69, 9.17) is 5.73 Å². The number of phenols is 3. The SMILES string of the molecule is COC(=O)C(N)CC(C)CCc1c(O)cc(O)cc1O. The zero-order valence-electron chi connectivity index (χ0n) is 11.7. The molecule has 0 aliphatic carbocycles.